The fourth-order valence-corrected chi connectivity index (χ4v) is 4.45. The minimum atomic E-state index is -0.642. The second-order valence-electron chi connectivity index (χ2n) is 8.61. The maximum atomic E-state index is 13.7. The molecule has 2 heterocycles. The van der Waals surface area contributed by atoms with E-state index in [1.54, 1.807) is 41.3 Å². The maximum absolute atomic E-state index is 13.7. The summed E-state index contributed by atoms with van der Waals surface area (Å²) in [7, 11) is 1.32. The number of rotatable bonds is 4. The van der Waals surface area contributed by atoms with E-state index in [0.29, 0.717) is 34.2 Å². The first-order valence-corrected chi connectivity index (χ1v) is 11.0. The van der Waals surface area contributed by atoms with Crippen LogP contribution in [0, 0.1) is 13.8 Å². The Morgan fingerprint density at radius 2 is 1.62 bits per heavy atom. The summed E-state index contributed by atoms with van der Waals surface area (Å²) < 4.78 is 10.8. The van der Waals surface area contributed by atoms with Gasteiger partial charge in [-0.3, -0.25) is 9.59 Å². The lowest BCUT2D eigenvalue weighted by molar-refractivity contribution is 0.0599. The van der Waals surface area contributed by atoms with Gasteiger partial charge in [-0.2, -0.15) is 0 Å². The van der Waals surface area contributed by atoms with Gasteiger partial charge in [0.15, 0.2) is 5.43 Å². The van der Waals surface area contributed by atoms with E-state index in [4.69, 9.17) is 9.15 Å². The molecule has 0 aliphatic carbocycles. The molecule has 1 amide bonds. The van der Waals surface area contributed by atoms with E-state index in [2.05, 4.69) is 0 Å². The number of esters is 1. The van der Waals surface area contributed by atoms with Gasteiger partial charge in [-0.25, -0.2) is 4.79 Å². The molecule has 0 bridgehead atoms. The molecule has 1 atom stereocenters. The first-order valence-electron chi connectivity index (χ1n) is 11.0. The lowest BCUT2D eigenvalue weighted by Crippen LogP contribution is -2.29. The van der Waals surface area contributed by atoms with Crippen molar-refractivity contribution in [1.29, 1.82) is 0 Å². The minimum Gasteiger partial charge on any atom is -0.465 e. The minimum absolute atomic E-state index is 0.0653. The molecule has 170 valence electrons. The zero-order valence-electron chi connectivity index (χ0n) is 19.1. The van der Waals surface area contributed by atoms with Crippen molar-refractivity contribution < 1.29 is 18.7 Å². The number of fused-ring (bicyclic) bond motifs is 2. The van der Waals surface area contributed by atoms with Crippen molar-refractivity contribution in [2.75, 3.05) is 7.11 Å². The quantitative estimate of drug-likeness (QED) is 0.409. The van der Waals surface area contributed by atoms with Gasteiger partial charge < -0.3 is 14.1 Å². The monoisotopic (exact) mass is 453 g/mol. The second kappa shape index (κ2) is 8.30. The van der Waals surface area contributed by atoms with Crippen LogP contribution in [0.2, 0.25) is 0 Å². The van der Waals surface area contributed by atoms with Gasteiger partial charge in [-0.15, -0.1) is 0 Å². The zero-order chi connectivity index (χ0) is 24.0. The number of hydrogen-bond acceptors (Lipinski definition) is 5. The molecule has 0 saturated heterocycles. The summed E-state index contributed by atoms with van der Waals surface area (Å²) in [6.07, 6.45) is 0. The number of benzene rings is 3. The van der Waals surface area contributed by atoms with Crippen LogP contribution in [0.1, 0.15) is 54.8 Å². The molecule has 0 fully saturated rings. The van der Waals surface area contributed by atoms with Crippen LogP contribution in [-0.4, -0.2) is 23.9 Å². The largest absolute Gasteiger partial charge is 0.465 e. The first kappa shape index (κ1) is 21.6. The summed E-state index contributed by atoms with van der Waals surface area (Å²) in [5.41, 5.74) is 4.58. The predicted molar refractivity (Wildman–Crippen MR) is 128 cm³/mol. The summed E-state index contributed by atoms with van der Waals surface area (Å²) in [6, 6.07) is 19.4. The summed E-state index contributed by atoms with van der Waals surface area (Å²) in [4.78, 5) is 40.8. The molecule has 1 aliphatic heterocycles. The molecule has 1 aromatic heterocycles. The predicted octanol–water partition coefficient (Wildman–Crippen LogP) is 4.94. The Balaban J connectivity index is 1.68. The van der Waals surface area contributed by atoms with E-state index in [1.807, 2.05) is 44.2 Å². The van der Waals surface area contributed by atoms with Crippen molar-refractivity contribution in [2.45, 2.75) is 26.4 Å². The molecule has 0 radical (unpaired) electrons. The average Bonchev–Trinajstić information content (AvgIpc) is 3.12. The fraction of sp³-hybridized carbons (Fsp3) is 0.179. The highest BCUT2D eigenvalue weighted by molar-refractivity contribution is 5.99. The summed E-state index contributed by atoms with van der Waals surface area (Å²) in [5, 5.41) is 0.444. The number of ether oxygens (including phenoxy) is 1. The third-order valence-corrected chi connectivity index (χ3v) is 6.24. The van der Waals surface area contributed by atoms with Crippen molar-refractivity contribution in [2.24, 2.45) is 0 Å². The van der Waals surface area contributed by atoms with Gasteiger partial charge in [0.25, 0.3) is 5.91 Å². The smallest absolute Gasteiger partial charge is 0.337 e. The summed E-state index contributed by atoms with van der Waals surface area (Å²) in [6.45, 7) is 4.22. The van der Waals surface area contributed by atoms with E-state index in [0.717, 1.165) is 16.7 Å². The van der Waals surface area contributed by atoms with Crippen molar-refractivity contribution in [3.8, 4) is 0 Å². The lowest BCUT2D eigenvalue weighted by Gasteiger charge is -2.25. The topological polar surface area (TPSA) is 76.8 Å². The summed E-state index contributed by atoms with van der Waals surface area (Å²) in [5.74, 6) is -0.723. The van der Waals surface area contributed by atoms with Crippen LogP contribution in [0.3, 0.4) is 0 Å². The van der Waals surface area contributed by atoms with Gasteiger partial charge in [-0.05, 0) is 49.2 Å². The van der Waals surface area contributed by atoms with Gasteiger partial charge in [0.05, 0.1) is 29.7 Å². The van der Waals surface area contributed by atoms with Gasteiger partial charge >= 0.3 is 5.97 Å². The van der Waals surface area contributed by atoms with Crippen molar-refractivity contribution in [1.82, 2.24) is 4.90 Å². The van der Waals surface area contributed by atoms with E-state index < -0.39 is 12.0 Å². The number of nitrogens with zero attached hydrogens (tertiary/aromatic N) is 1. The van der Waals surface area contributed by atoms with Gasteiger partial charge in [-0.1, -0.05) is 53.6 Å². The molecule has 0 spiro atoms. The third-order valence-electron chi connectivity index (χ3n) is 6.24. The van der Waals surface area contributed by atoms with Crippen molar-refractivity contribution in [3.05, 3.63) is 116 Å². The molecule has 1 aliphatic rings. The van der Waals surface area contributed by atoms with Crippen molar-refractivity contribution in [3.63, 3.8) is 0 Å². The van der Waals surface area contributed by atoms with Crippen LogP contribution >= 0.6 is 0 Å². The Morgan fingerprint density at radius 1 is 0.941 bits per heavy atom. The molecular formula is C28H23NO5. The second-order valence-corrected chi connectivity index (χ2v) is 8.61. The summed E-state index contributed by atoms with van der Waals surface area (Å²) >= 11 is 0. The SMILES string of the molecule is COC(=O)c1ccc([C@@H]2c3c(oc4ccc(C)cc4c3=O)C(=O)N2Cc2ccc(C)cc2)cc1. The van der Waals surface area contributed by atoms with Gasteiger partial charge in [0.1, 0.15) is 5.58 Å². The highest BCUT2D eigenvalue weighted by Gasteiger charge is 2.42. The Labute approximate surface area is 196 Å². The third kappa shape index (κ3) is 3.57. The zero-order valence-corrected chi connectivity index (χ0v) is 19.1. The van der Waals surface area contributed by atoms with Crippen LogP contribution in [-0.2, 0) is 11.3 Å². The number of carbonyl (C=O) groups is 2. The number of amides is 1. The number of methoxy groups -OCH3 is 1. The maximum Gasteiger partial charge on any atom is 0.337 e. The van der Waals surface area contributed by atoms with E-state index >= 15 is 0 Å². The fourth-order valence-electron chi connectivity index (χ4n) is 4.45. The Kier molecular flexibility index (Phi) is 5.28. The average molecular weight is 453 g/mol. The number of hydrogen-bond donors (Lipinski definition) is 0. The molecule has 4 aromatic rings. The standard InChI is InChI=1S/C28H23NO5/c1-16-4-7-18(8-5-16)15-29-24(19-9-11-20(12-10-19)28(32)33-3)23-25(30)21-14-17(2)6-13-22(21)34-26(23)27(29)31/h4-14,24H,15H2,1-3H3/t24-/m1/s1. The van der Waals surface area contributed by atoms with E-state index in [1.165, 1.54) is 7.11 Å². The molecule has 0 N–H and O–H groups in total. The van der Waals surface area contributed by atoms with E-state index in [9.17, 15) is 14.4 Å². The molecule has 0 saturated carbocycles. The Morgan fingerprint density at radius 3 is 2.29 bits per heavy atom. The van der Waals surface area contributed by atoms with Crippen LogP contribution in [0.25, 0.3) is 11.0 Å². The van der Waals surface area contributed by atoms with Crippen LogP contribution in [0.4, 0.5) is 0 Å². The normalized spacial score (nSPS) is 15.0. The van der Waals surface area contributed by atoms with Gasteiger partial charge in [0, 0.05) is 6.54 Å². The molecule has 3 aromatic carbocycles. The van der Waals surface area contributed by atoms with E-state index in [-0.39, 0.29) is 17.1 Å². The Hall–Kier alpha value is -4.19. The highest BCUT2D eigenvalue weighted by Crippen LogP contribution is 2.39. The number of aryl methyl sites for hydroxylation is 2. The molecular weight excluding hydrogens is 430 g/mol. The Bertz CT molecular complexity index is 1480. The molecule has 5 rings (SSSR count). The van der Waals surface area contributed by atoms with Gasteiger partial charge in [0.2, 0.25) is 5.76 Å². The van der Waals surface area contributed by atoms with Crippen LogP contribution in [0.15, 0.2) is 75.9 Å². The van der Waals surface area contributed by atoms with Crippen LogP contribution in [0.5, 0.6) is 0 Å². The highest BCUT2D eigenvalue weighted by atomic mass is 16.5. The molecule has 6 heteroatoms. The molecule has 34 heavy (non-hydrogen) atoms. The first-order chi connectivity index (χ1) is 16.4. The molecule has 6 nitrogen and oxygen atoms in total. The number of carbonyl (C=O) groups excluding carboxylic acids is 2. The van der Waals surface area contributed by atoms with Crippen molar-refractivity contribution >= 4 is 22.8 Å². The molecule has 0 unspecified atom stereocenters. The van der Waals surface area contributed by atoms with Crippen LogP contribution < -0.4 is 5.43 Å². The lowest BCUT2D eigenvalue weighted by atomic mass is 9.97.